The monoisotopic (exact) mass is 422 g/mol. The Hall–Kier alpha value is -3.19. The first-order valence-corrected chi connectivity index (χ1v) is 10.4. The maximum Gasteiger partial charge on any atom is 0.340 e. The van der Waals surface area contributed by atoms with Crippen LogP contribution in [0.25, 0.3) is 11.0 Å². The summed E-state index contributed by atoms with van der Waals surface area (Å²) in [5, 5.41) is 0.804. The van der Waals surface area contributed by atoms with E-state index in [0.717, 1.165) is 29.5 Å². The number of methoxy groups -OCH3 is 1. The first-order chi connectivity index (χ1) is 15.0. The predicted molar refractivity (Wildman–Crippen MR) is 116 cm³/mol. The van der Waals surface area contributed by atoms with E-state index in [4.69, 9.17) is 13.9 Å². The maximum absolute atomic E-state index is 13.0. The number of piperidine rings is 1. The van der Waals surface area contributed by atoms with Crippen LogP contribution >= 0.6 is 0 Å². The molecule has 0 bridgehead atoms. The van der Waals surface area contributed by atoms with Crippen LogP contribution in [-0.4, -0.2) is 42.1 Å². The SMILES string of the molecule is COc1ccc2c(C)c(CC(=O)N3CCCC(OCc4ccccn4)C3)c(=O)oc2c1. The predicted octanol–water partition coefficient (Wildman–Crippen LogP) is 3.26. The Labute approximate surface area is 180 Å². The van der Waals surface area contributed by atoms with Gasteiger partial charge >= 0.3 is 5.63 Å². The van der Waals surface area contributed by atoms with Crippen LogP contribution in [0.1, 0.15) is 29.7 Å². The first kappa shape index (κ1) is 21.1. The molecular weight excluding hydrogens is 396 g/mol. The Morgan fingerprint density at radius 2 is 2.16 bits per heavy atom. The minimum Gasteiger partial charge on any atom is -0.497 e. The second kappa shape index (κ2) is 9.31. The summed E-state index contributed by atoms with van der Waals surface area (Å²) < 4.78 is 16.6. The van der Waals surface area contributed by atoms with Crippen molar-refractivity contribution < 1.29 is 18.7 Å². The molecule has 7 heteroatoms. The number of pyridine rings is 1. The lowest BCUT2D eigenvalue weighted by Crippen LogP contribution is -2.44. The fourth-order valence-electron chi connectivity index (χ4n) is 3.96. The molecule has 1 aromatic carbocycles. The Balaban J connectivity index is 1.45. The smallest absolute Gasteiger partial charge is 0.340 e. The quantitative estimate of drug-likeness (QED) is 0.567. The highest BCUT2D eigenvalue weighted by atomic mass is 16.5. The minimum absolute atomic E-state index is 0.0170. The van der Waals surface area contributed by atoms with Gasteiger partial charge in [0, 0.05) is 30.7 Å². The molecule has 1 aliphatic heterocycles. The molecule has 7 nitrogen and oxygen atoms in total. The highest BCUT2D eigenvalue weighted by Crippen LogP contribution is 2.25. The molecule has 2 aromatic heterocycles. The van der Waals surface area contributed by atoms with Crippen LogP contribution < -0.4 is 10.4 Å². The number of amides is 1. The van der Waals surface area contributed by atoms with Gasteiger partial charge in [-0.25, -0.2) is 4.79 Å². The summed E-state index contributed by atoms with van der Waals surface area (Å²) in [6, 6.07) is 11.1. The zero-order valence-corrected chi connectivity index (χ0v) is 17.8. The van der Waals surface area contributed by atoms with Crippen molar-refractivity contribution in [2.24, 2.45) is 0 Å². The van der Waals surface area contributed by atoms with Crippen molar-refractivity contribution in [3.05, 3.63) is 69.8 Å². The number of hydrogen-bond acceptors (Lipinski definition) is 6. The lowest BCUT2D eigenvalue weighted by Gasteiger charge is -2.32. The molecule has 1 aliphatic rings. The van der Waals surface area contributed by atoms with Gasteiger partial charge in [0.2, 0.25) is 5.91 Å². The van der Waals surface area contributed by atoms with Crippen molar-refractivity contribution in [1.29, 1.82) is 0 Å². The summed E-state index contributed by atoms with van der Waals surface area (Å²) in [4.78, 5) is 31.6. The number of rotatable bonds is 6. The third kappa shape index (κ3) is 4.77. The van der Waals surface area contributed by atoms with Gasteiger partial charge in [0.05, 0.1) is 37.5 Å². The van der Waals surface area contributed by atoms with Gasteiger partial charge in [-0.2, -0.15) is 0 Å². The van der Waals surface area contributed by atoms with Crippen LogP contribution in [0.15, 0.2) is 51.8 Å². The largest absolute Gasteiger partial charge is 0.497 e. The molecule has 1 atom stereocenters. The lowest BCUT2D eigenvalue weighted by molar-refractivity contribution is -0.135. The fraction of sp³-hybridized carbons (Fsp3) is 0.375. The Morgan fingerprint density at radius 3 is 2.94 bits per heavy atom. The lowest BCUT2D eigenvalue weighted by atomic mass is 10.0. The normalized spacial score (nSPS) is 16.5. The van der Waals surface area contributed by atoms with Gasteiger partial charge in [-0.15, -0.1) is 0 Å². The van der Waals surface area contributed by atoms with Gasteiger partial charge < -0.3 is 18.8 Å². The summed E-state index contributed by atoms with van der Waals surface area (Å²) >= 11 is 0. The standard InChI is InChI=1S/C24H26N2O5/c1-16-20-9-8-18(29-2)12-22(20)31-24(28)21(16)13-23(27)26-11-5-7-19(14-26)30-15-17-6-3-4-10-25-17/h3-4,6,8-10,12,19H,5,7,11,13-15H2,1-2H3. The zero-order chi connectivity index (χ0) is 21.8. The van der Waals surface area contributed by atoms with Crippen molar-refractivity contribution in [2.75, 3.05) is 20.2 Å². The van der Waals surface area contributed by atoms with E-state index in [1.165, 1.54) is 0 Å². The third-order valence-corrected chi connectivity index (χ3v) is 5.75. The molecular formula is C24H26N2O5. The van der Waals surface area contributed by atoms with Crippen molar-refractivity contribution >= 4 is 16.9 Å². The van der Waals surface area contributed by atoms with Gasteiger partial charge in [0.25, 0.3) is 0 Å². The van der Waals surface area contributed by atoms with Gasteiger partial charge in [-0.3, -0.25) is 9.78 Å². The van der Waals surface area contributed by atoms with E-state index in [9.17, 15) is 9.59 Å². The number of aryl methyl sites for hydroxylation is 1. The van der Waals surface area contributed by atoms with E-state index in [2.05, 4.69) is 4.98 Å². The molecule has 0 saturated carbocycles. The van der Waals surface area contributed by atoms with E-state index < -0.39 is 5.63 Å². The van der Waals surface area contributed by atoms with Crippen molar-refractivity contribution in [3.8, 4) is 5.75 Å². The summed E-state index contributed by atoms with van der Waals surface area (Å²) in [5.41, 5.74) is 2.01. The van der Waals surface area contributed by atoms with Crippen LogP contribution in [0, 0.1) is 6.92 Å². The number of nitrogens with zero attached hydrogens (tertiary/aromatic N) is 2. The fourth-order valence-corrected chi connectivity index (χ4v) is 3.96. The van der Waals surface area contributed by atoms with Crippen molar-refractivity contribution in [1.82, 2.24) is 9.88 Å². The number of aromatic nitrogens is 1. The Morgan fingerprint density at radius 1 is 1.29 bits per heavy atom. The average Bonchev–Trinajstić information content (AvgIpc) is 2.80. The van der Waals surface area contributed by atoms with Crippen LogP contribution in [0.5, 0.6) is 5.75 Å². The molecule has 1 unspecified atom stereocenters. The number of benzene rings is 1. The van der Waals surface area contributed by atoms with Crippen molar-refractivity contribution in [2.45, 2.75) is 38.9 Å². The van der Waals surface area contributed by atoms with E-state index in [0.29, 0.717) is 36.6 Å². The summed E-state index contributed by atoms with van der Waals surface area (Å²) in [6.45, 7) is 3.45. The van der Waals surface area contributed by atoms with E-state index in [1.54, 1.807) is 24.3 Å². The summed E-state index contributed by atoms with van der Waals surface area (Å²) in [7, 11) is 1.56. The molecule has 1 amide bonds. The molecule has 3 aromatic rings. The van der Waals surface area contributed by atoms with Crippen LogP contribution in [0.2, 0.25) is 0 Å². The second-order valence-electron chi connectivity index (χ2n) is 7.77. The first-order valence-electron chi connectivity index (χ1n) is 10.4. The average molecular weight is 422 g/mol. The second-order valence-corrected chi connectivity index (χ2v) is 7.77. The van der Waals surface area contributed by atoms with Crippen LogP contribution in [-0.2, 0) is 22.6 Å². The molecule has 4 rings (SSSR count). The van der Waals surface area contributed by atoms with E-state index in [1.807, 2.05) is 37.3 Å². The van der Waals surface area contributed by atoms with Crippen molar-refractivity contribution in [3.63, 3.8) is 0 Å². The number of likely N-dealkylation sites (tertiary alicyclic amines) is 1. The molecule has 3 heterocycles. The summed E-state index contributed by atoms with van der Waals surface area (Å²) in [5.74, 6) is 0.526. The van der Waals surface area contributed by atoms with E-state index >= 15 is 0 Å². The number of carbonyl (C=O) groups is 1. The molecule has 0 spiro atoms. The van der Waals surface area contributed by atoms with Gasteiger partial charge in [0.1, 0.15) is 11.3 Å². The molecule has 162 valence electrons. The third-order valence-electron chi connectivity index (χ3n) is 5.75. The van der Waals surface area contributed by atoms with Crippen LogP contribution in [0.3, 0.4) is 0 Å². The van der Waals surface area contributed by atoms with Gasteiger partial charge in [-0.05, 0) is 49.6 Å². The topological polar surface area (TPSA) is 81.9 Å². The highest BCUT2D eigenvalue weighted by Gasteiger charge is 2.26. The number of ether oxygens (including phenoxy) is 2. The molecule has 0 aliphatic carbocycles. The maximum atomic E-state index is 13.0. The van der Waals surface area contributed by atoms with E-state index in [-0.39, 0.29) is 18.4 Å². The number of hydrogen-bond donors (Lipinski definition) is 0. The van der Waals surface area contributed by atoms with Crippen LogP contribution in [0.4, 0.5) is 0 Å². The molecule has 1 saturated heterocycles. The zero-order valence-electron chi connectivity index (χ0n) is 17.8. The summed E-state index contributed by atoms with van der Waals surface area (Å²) in [6.07, 6.45) is 3.48. The Kier molecular flexibility index (Phi) is 6.32. The molecule has 31 heavy (non-hydrogen) atoms. The molecule has 1 fully saturated rings. The number of carbonyl (C=O) groups excluding carboxylic acids is 1. The van der Waals surface area contributed by atoms with Gasteiger partial charge in [0.15, 0.2) is 0 Å². The molecule has 0 N–H and O–H groups in total. The van der Waals surface area contributed by atoms with Gasteiger partial charge in [-0.1, -0.05) is 6.07 Å². The Bertz CT molecular complexity index is 1130. The minimum atomic E-state index is -0.480. The highest BCUT2D eigenvalue weighted by molar-refractivity contribution is 5.85. The number of fused-ring (bicyclic) bond motifs is 1. The molecule has 0 radical (unpaired) electrons.